The third-order valence-corrected chi connectivity index (χ3v) is 3.21. The number of halogens is 3. The van der Waals surface area contributed by atoms with Crippen LogP contribution in [0.3, 0.4) is 0 Å². The van der Waals surface area contributed by atoms with Crippen LogP contribution in [0.15, 0.2) is 24.3 Å². The zero-order chi connectivity index (χ0) is 15.7. The molecule has 0 aromatic heterocycles. The zero-order valence-corrected chi connectivity index (χ0v) is 12.3. The highest BCUT2D eigenvalue weighted by atomic mass is 19.4. The molecular formula is C15H23F3N2O. The standard InChI is InChI=1S/C15H23F3N2O/c1-2-20(8-5-9-21-12-15(16,17)18)11-14-7-4-3-6-13(14)10-19/h3-4,6-7H,2,5,8-12,19H2,1H3. The van der Waals surface area contributed by atoms with Gasteiger partial charge in [0.15, 0.2) is 0 Å². The van der Waals surface area contributed by atoms with Gasteiger partial charge in [0.05, 0.1) is 0 Å². The second kappa shape index (κ2) is 9.02. The third kappa shape index (κ3) is 7.45. The van der Waals surface area contributed by atoms with Gasteiger partial charge in [-0.3, -0.25) is 4.90 Å². The summed E-state index contributed by atoms with van der Waals surface area (Å²) in [4.78, 5) is 2.17. The van der Waals surface area contributed by atoms with E-state index in [2.05, 4.69) is 9.64 Å². The Labute approximate surface area is 123 Å². The molecule has 1 rings (SSSR count). The highest BCUT2D eigenvalue weighted by Crippen LogP contribution is 2.15. The van der Waals surface area contributed by atoms with Gasteiger partial charge in [-0.1, -0.05) is 31.2 Å². The summed E-state index contributed by atoms with van der Waals surface area (Å²) in [6.45, 7) is 3.75. The molecule has 0 heterocycles. The maximum absolute atomic E-state index is 11.9. The van der Waals surface area contributed by atoms with Crippen LogP contribution in [0.2, 0.25) is 0 Å². The van der Waals surface area contributed by atoms with Crippen LogP contribution in [0.25, 0.3) is 0 Å². The molecule has 0 saturated heterocycles. The second-order valence-electron chi connectivity index (χ2n) is 4.86. The van der Waals surface area contributed by atoms with Crippen LogP contribution < -0.4 is 5.73 Å². The highest BCUT2D eigenvalue weighted by molar-refractivity contribution is 5.26. The zero-order valence-electron chi connectivity index (χ0n) is 12.3. The largest absolute Gasteiger partial charge is 0.411 e. The van der Waals surface area contributed by atoms with Gasteiger partial charge in [0.2, 0.25) is 0 Å². The first-order valence-electron chi connectivity index (χ1n) is 7.10. The van der Waals surface area contributed by atoms with E-state index in [-0.39, 0.29) is 6.61 Å². The van der Waals surface area contributed by atoms with Crippen molar-refractivity contribution in [3.05, 3.63) is 35.4 Å². The first-order valence-corrected chi connectivity index (χ1v) is 7.10. The number of benzene rings is 1. The summed E-state index contributed by atoms with van der Waals surface area (Å²) < 4.78 is 40.4. The van der Waals surface area contributed by atoms with Gasteiger partial charge in [0.1, 0.15) is 6.61 Å². The van der Waals surface area contributed by atoms with Gasteiger partial charge < -0.3 is 10.5 Å². The van der Waals surface area contributed by atoms with Gasteiger partial charge in [-0.15, -0.1) is 0 Å². The van der Waals surface area contributed by atoms with E-state index >= 15 is 0 Å². The molecule has 0 spiro atoms. The summed E-state index contributed by atoms with van der Waals surface area (Å²) in [6, 6.07) is 7.95. The van der Waals surface area contributed by atoms with Crippen LogP contribution in [0.4, 0.5) is 13.2 Å². The van der Waals surface area contributed by atoms with Crippen molar-refractivity contribution in [2.75, 3.05) is 26.3 Å². The van der Waals surface area contributed by atoms with Gasteiger partial charge >= 0.3 is 6.18 Å². The van der Waals surface area contributed by atoms with E-state index in [0.717, 1.165) is 24.2 Å². The van der Waals surface area contributed by atoms with Crippen molar-refractivity contribution in [2.24, 2.45) is 5.73 Å². The monoisotopic (exact) mass is 304 g/mol. The summed E-state index contributed by atoms with van der Waals surface area (Å²) in [7, 11) is 0. The van der Waals surface area contributed by atoms with Crippen LogP contribution >= 0.6 is 0 Å². The molecule has 0 radical (unpaired) electrons. The Morgan fingerprint density at radius 1 is 1.19 bits per heavy atom. The number of alkyl halides is 3. The summed E-state index contributed by atoms with van der Waals surface area (Å²) in [5.74, 6) is 0. The first-order chi connectivity index (χ1) is 9.96. The molecule has 0 unspecified atom stereocenters. The van der Waals surface area contributed by atoms with Crippen molar-refractivity contribution in [3.8, 4) is 0 Å². The third-order valence-electron chi connectivity index (χ3n) is 3.21. The lowest BCUT2D eigenvalue weighted by Crippen LogP contribution is -2.26. The van der Waals surface area contributed by atoms with Gasteiger partial charge in [-0.05, 0) is 24.1 Å². The molecule has 0 aliphatic heterocycles. The Bertz CT molecular complexity index is 410. The molecule has 6 heteroatoms. The molecule has 1 aromatic carbocycles. The van der Waals surface area contributed by atoms with Crippen molar-refractivity contribution in [3.63, 3.8) is 0 Å². The lowest BCUT2D eigenvalue weighted by atomic mass is 10.1. The van der Waals surface area contributed by atoms with Gasteiger partial charge in [-0.25, -0.2) is 0 Å². The maximum atomic E-state index is 11.9. The molecule has 0 atom stereocenters. The van der Waals surface area contributed by atoms with E-state index in [9.17, 15) is 13.2 Å². The number of nitrogens with zero attached hydrogens (tertiary/aromatic N) is 1. The number of ether oxygens (including phenoxy) is 1. The molecule has 0 aliphatic carbocycles. The molecule has 0 bridgehead atoms. The smallest absolute Gasteiger partial charge is 0.372 e. The lowest BCUT2D eigenvalue weighted by molar-refractivity contribution is -0.174. The lowest BCUT2D eigenvalue weighted by Gasteiger charge is -2.22. The van der Waals surface area contributed by atoms with Crippen molar-refractivity contribution < 1.29 is 17.9 Å². The van der Waals surface area contributed by atoms with E-state index < -0.39 is 12.8 Å². The Morgan fingerprint density at radius 2 is 1.86 bits per heavy atom. The minimum absolute atomic E-state index is 0.120. The molecule has 0 aliphatic rings. The summed E-state index contributed by atoms with van der Waals surface area (Å²) in [5.41, 5.74) is 7.97. The Balaban J connectivity index is 2.35. The predicted molar refractivity (Wildman–Crippen MR) is 76.8 cm³/mol. The van der Waals surface area contributed by atoms with Crippen LogP contribution in [-0.2, 0) is 17.8 Å². The fourth-order valence-electron chi connectivity index (χ4n) is 2.08. The number of rotatable bonds is 9. The topological polar surface area (TPSA) is 38.5 Å². The van der Waals surface area contributed by atoms with Gasteiger partial charge in [0, 0.05) is 26.2 Å². The Hall–Kier alpha value is -1.11. The first kappa shape index (κ1) is 17.9. The number of hydrogen-bond donors (Lipinski definition) is 1. The Kier molecular flexibility index (Phi) is 7.71. The molecule has 21 heavy (non-hydrogen) atoms. The highest BCUT2D eigenvalue weighted by Gasteiger charge is 2.27. The molecule has 0 amide bonds. The quantitative estimate of drug-likeness (QED) is 0.713. The molecular weight excluding hydrogens is 281 g/mol. The van der Waals surface area contributed by atoms with Crippen molar-refractivity contribution in [1.82, 2.24) is 4.90 Å². The molecule has 0 fully saturated rings. The van der Waals surface area contributed by atoms with Crippen molar-refractivity contribution in [1.29, 1.82) is 0 Å². The van der Waals surface area contributed by atoms with E-state index in [1.165, 1.54) is 0 Å². The normalized spacial score (nSPS) is 12.1. The van der Waals surface area contributed by atoms with E-state index in [1.807, 2.05) is 31.2 Å². The predicted octanol–water partition coefficient (Wildman–Crippen LogP) is 2.94. The second-order valence-corrected chi connectivity index (χ2v) is 4.86. The van der Waals surface area contributed by atoms with Crippen molar-refractivity contribution >= 4 is 0 Å². The average Bonchev–Trinajstić information content (AvgIpc) is 2.45. The van der Waals surface area contributed by atoms with E-state index in [4.69, 9.17) is 5.73 Å². The van der Waals surface area contributed by atoms with Crippen LogP contribution in [0.1, 0.15) is 24.5 Å². The van der Waals surface area contributed by atoms with E-state index in [0.29, 0.717) is 19.5 Å². The SMILES string of the molecule is CCN(CCCOCC(F)(F)F)Cc1ccccc1CN. The summed E-state index contributed by atoms with van der Waals surface area (Å²) in [5, 5.41) is 0. The van der Waals surface area contributed by atoms with E-state index in [1.54, 1.807) is 0 Å². The summed E-state index contributed by atoms with van der Waals surface area (Å²) in [6.07, 6.45) is -3.67. The van der Waals surface area contributed by atoms with Crippen LogP contribution in [0, 0.1) is 0 Å². The minimum Gasteiger partial charge on any atom is -0.372 e. The fraction of sp³-hybridized carbons (Fsp3) is 0.600. The molecule has 120 valence electrons. The average molecular weight is 304 g/mol. The maximum Gasteiger partial charge on any atom is 0.411 e. The van der Waals surface area contributed by atoms with Gasteiger partial charge in [-0.2, -0.15) is 13.2 Å². The Morgan fingerprint density at radius 3 is 2.43 bits per heavy atom. The number of hydrogen-bond acceptors (Lipinski definition) is 3. The minimum atomic E-state index is -4.25. The van der Waals surface area contributed by atoms with Crippen LogP contribution in [0.5, 0.6) is 0 Å². The van der Waals surface area contributed by atoms with Crippen molar-refractivity contribution in [2.45, 2.75) is 32.6 Å². The summed E-state index contributed by atoms with van der Waals surface area (Å²) >= 11 is 0. The molecule has 3 nitrogen and oxygen atoms in total. The molecule has 2 N–H and O–H groups in total. The van der Waals surface area contributed by atoms with Crippen LogP contribution in [-0.4, -0.2) is 37.4 Å². The number of nitrogens with two attached hydrogens (primary N) is 1. The molecule has 1 aromatic rings. The van der Waals surface area contributed by atoms with Gasteiger partial charge in [0.25, 0.3) is 0 Å². The fourth-order valence-corrected chi connectivity index (χ4v) is 2.08. The molecule has 0 saturated carbocycles.